The molecule has 0 unspecified atom stereocenters. The molecule has 2 heterocycles. The highest BCUT2D eigenvalue weighted by atomic mass is 16.7. The van der Waals surface area contributed by atoms with Gasteiger partial charge in [0, 0.05) is 11.8 Å². The van der Waals surface area contributed by atoms with Crippen LogP contribution in [0.2, 0.25) is 0 Å². The van der Waals surface area contributed by atoms with E-state index in [-0.39, 0.29) is 0 Å². The van der Waals surface area contributed by atoms with Crippen LogP contribution in [0.25, 0.3) is 0 Å². The summed E-state index contributed by atoms with van der Waals surface area (Å²) in [4.78, 5) is 10.3. The van der Waals surface area contributed by atoms with Crippen LogP contribution < -0.4 is 24.4 Å². The summed E-state index contributed by atoms with van der Waals surface area (Å²) >= 11 is 0. The summed E-state index contributed by atoms with van der Waals surface area (Å²) in [5.41, 5.74) is 3.58. The van der Waals surface area contributed by atoms with Crippen molar-refractivity contribution in [2.45, 2.75) is 25.7 Å². The average molecular weight is 384 g/mol. The molecular weight excluding hydrogens is 356 g/mol. The summed E-state index contributed by atoms with van der Waals surface area (Å²) in [6.45, 7) is 4.91. The summed E-state index contributed by atoms with van der Waals surface area (Å²) in [5, 5.41) is 3.20. The van der Waals surface area contributed by atoms with Crippen molar-refractivity contribution >= 4 is 18.2 Å². The predicted molar refractivity (Wildman–Crippen MR) is 110 cm³/mol. The minimum atomic E-state index is 0.302. The van der Waals surface area contributed by atoms with E-state index in [2.05, 4.69) is 34.5 Å². The van der Waals surface area contributed by atoms with Crippen molar-refractivity contribution < 1.29 is 19.0 Å². The van der Waals surface area contributed by atoms with Gasteiger partial charge in [0.05, 0.1) is 12.2 Å². The Bertz CT molecular complexity index is 781. The van der Waals surface area contributed by atoms with Gasteiger partial charge in [-0.1, -0.05) is 12.5 Å². The van der Waals surface area contributed by atoms with Crippen molar-refractivity contribution in [2.24, 2.45) is 0 Å². The topological polar surface area (TPSA) is 60.0 Å². The van der Waals surface area contributed by atoms with Crippen LogP contribution in [0.1, 0.15) is 24.8 Å². The van der Waals surface area contributed by atoms with Gasteiger partial charge in [0.25, 0.3) is 0 Å². The lowest BCUT2D eigenvalue weighted by Crippen LogP contribution is -2.28. The van der Waals surface area contributed by atoms with Gasteiger partial charge >= 0.3 is 0 Å². The van der Waals surface area contributed by atoms with Gasteiger partial charge in [-0.25, -0.2) is 0 Å². The van der Waals surface area contributed by atoms with Gasteiger partial charge in [0.2, 0.25) is 6.79 Å². The fourth-order valence-corrected chi connectivity index (χ4v) is 3.55. The normalized spacial score (nSPS) is 14.0. The highest BCUT2D eigenvalue weighted by Crippen LogP contribution is 2.41. The number of nitrogens with zero attached hydrogens (tertiary/aromatic N) is 1. The van der Waals surface area contributed by atoms with E-state index in [1.165, 1.54) is 24.8 Å². The Morgan fingerprint density at radius 2 is 1.82 bits per heavy atom. The first-order valence-corrected chi connectivity index (χ1v) is 9.71. The number of hydrogen-bond donors (Lipinski definition) is 1. The second-order valence-electron chi connectivity index (χ2n) is 6.75. The highest BCUT2D eigenvalue weighted by molar-refractivity contribution is 5.72. The Morgan fingerprint density at radius 1 is 0.964 bits per heavy atom. The molecule has 28 heavy (non-hydrogen) atoms. The van der Waals surface area contributed by atoms with Crippen molar-refractivity contribution in [3.8, 4) is 17.2 Å². The van der Waals surface area contributed by atoms with Crippen molar-refractivity contribution in [3.63, 3.8) is 0 Å². The van der Waals surface area contributed by atoms with Crippen LogP contribution in [0.3, 0.4) is 0 Å². The zero-order valence-electron chi connectivity index (χ0n) is 16.4. The van der Waals surface area contributed by atoms with Gasteiger partial charge in [0.1, 0.15) is 19.1 Å². The molecule has 150 valence electrons. The maximum Gasteiger partial charge on any atom is 0.231 e. The molecule has 0 spiro atoms. The van der Waals surface area contributed by atoms with Crippen LogP contribution in [0.5, 0.6) is 17.2 Å². The third-order valence-electron chi connectivity index (χ3n) is 4.95. The van der Waals surface area contributed by atoms with E-state index in [1.54, 1.807) is 0 Å². The second-order valence-corrected chi connectivity index (χ2v) is 6.75. The number of hydrogen-bond acceptors (Lipinski definition) is 6. The predicted octanol–water partition coefficient (Wildman–Crippen LogP) is 3.69. The Labute approximate surface area is 166 Å². The molecule has 2 aromatic carbocycles. The van der Waals surface area contributed by atoms with E-state index < -0.39 is 0 Å². The molecule has 0 aromatic heterocycles. The Morgan fingerprint density at radius 3 is 2.68 bits per heavy atom. The maximum absolute atomic E-state index is 8.00. The molecule has 0 fully saturated rings. The smallest absolute Gasteiger partial charge is 0.231 e. The van der Waals surface area contributed by atoms with E-state index in [0.717, 1.165) is 48.1 Å². The van der Waals surface area contributed by atoms with E-state index in [0.29, 0.717) is 13.4 Å². The monoisotopic (exact) mass is 384 g/mol. The lowest BCUT2D eigenvalue weighted by molar-refractivity contribution is -0.0979. The van der Waals surface area contributed by atoms with Gasteiger partial charge in [0.15, 0.2) is 11.5 Å². The molecule has 2 aliphatic heterocycles. The molecule has 0 aliphatic carbocycles. The molecule has 0 bridgehead atoms. The number of anilines is 2. The second kappa shape index (κ2) is 9.99. The quantitative estimate of drug-likeness (QED) is 0.735. The summed E-state index contributed by atoms with van der Waals surface area (Å²) in [6.07, 6.45) is 4.80. The number of unbranched alkanes of at least 4 members (excludes halogenated alkanes) is 2. The van der Waals surface area contributed by atoms with E-state index in [4.69, 9.17) is 19.0 Å². The number of benzene rings is 2. The fourth-order valence-electron chi connectivity index (χ4n) is 3.55. The standard InChI is InChI=1S/C21H26N2O3.CH2O/c1-22-10-4-2-3-5-16-6-8-18-20(13-16)24-12-11-23(18)17-7-9-19-21(14-17)26-15-25-19;1-2/h6-9,13-14,22H,2-5,10-12,15H2,1H3;1H2. The number of carbonyl (C=O) groups excluding carboxylic acids is 1. The molecule has 0 saturated heterocycles. The van der Waals surface area contributed by atoms with Gasteiger partial charge < -0.3 is 29.2 Å². The maximum atomic E-state index is 8.00. The zero-order valence-corrected chi connectivity index (χ0v) is 16.4. The number of nitrogens with one attached hydrogen (secondary N) is 1. The molecule has 2 aromatic rings. The summed E-state index contributed by atoms with van der Waals surface area (Å²) in [7, 11) is 2.01. The lowest BCUT2D eigenvalue weighted by atomic mass is 10.0. The zero-order chi connectivity index (χ0) is 19.8. The molecular formula is C22H28N2O4. The van der Waals surface area contributed by atoms with Crippen molar-refractivity contribution in [3.05, 3.63) is 42.0 Å². The van der Waals surface area contributed by atoms with Crippen LogP contribution in [0.4, 0.5) is 11.4 Å². The van der Waals surface area contributed by atoms with Crippen LogP contribution in [0, 0.1) is 0 Å². The Hall–Kier alpha value is -2.73. The molecule has 0 saturated carbocycles. The Balaban J connectivity index is 0.00000109. The number of carbonyl (C=O) groups is 1. The third-order valence-corrected chi connectivity index (χ3v) is 4.95. The van der Waals surface area contributed by atoms with Gasteiger partial charge in [-0.3, -0.25) is 0 Å². The first-order chi connectivity index (χ1) is 13.8. The van der Waals surface area contributed by atoms with Crippen molar-refractivity contribution in [2.75, 3.05) is 38.4 Å². The average Bonchev–Trinajstić information content (AvgIpc) is 3.22. The Kier molecular flexibility index (Phi) is 7.14. The molecule has 4 rings (SSSR count). The number of rotatable bonds is 7. The third kappa shape index (κ3) is 4.57. The first kappa shape index (κ1) is 20.0. The SMILES string of the molecule is C=O.CNCCCCCc1ccc2c(c1)OCCN2c1ccc2c(c1)OCO2. The van der Waals surface area contributed by atoms with Crippen LogP contribution in [0.15, 0.2) is 36.4 Å². The van der Waals surface area contributed by atoms with Crippen LogP contribution >= 0.6 is 0 Å². The molecule has 0 amide bonds. The largest absolute Gasteiger partial charge is 0.490 e. The number of fused-ring (bicyclic) bond motifs is 2. The van der Waals surface area contributed by atoms with E-state index in [9.17, 15) is 0 Å². The van der Waals surface area contributed by atoms with Crippen molar-refractivity contribution in [1.82, 2.24) is 5.32 Å². The van der Waals surface area contributed by atoms with E-state index in [1.807, 2.05) is 26.0 Å². The van der Waals surface area contributed by atoms with Crippen molar-refractivity contribution in [1.29, 1.82) is 0 Å². The fraction of sp³-hybridized carbons (Fsp3) is 0.409. The van der Waals surface area contributed by atoms with Gasteiger partial charge in [-0.15, -0.1) is 0 Å². The molecule has 6 nitrogen and oxygen atoms in total. The minimum Gasteiger partial charge on any atom is -0.490 e. The van der Waals surface area contributed by atoms with Crippen LogP contribution in [-0.2, 0) is 11.2 Å². The lowest BCUT2D eigenvalue weighted by Gasteiger charge is -2.31. The molecule has 0 atom stereocenters. The van der Waals surface area contributed by atoms with Crippen LogP contribution in [-0.4, -0.2) is 40.3 Å². The van der Waals surface area contributed by atoms with Gasteiger partial charge in [-0.05, 0) is 62.7 Å². The molecule has 1 N–H and O–H groups in total. The number of ether oxygens (including phenoxy) is 3. The summed E-state index contributed by atoms with van der Waals surface area (Å²) < 4.78 is 16.9. The number of aryl methyl sites for hydroxylation is 1. The van der Waals surface area contributed by atoms with E-state index >= 15 is 0 Å². The molecule has 2 aliphatic rings. The van der Waals surface area contributed by atoms with Gasteiger partial charge in [-0.2, -0.15) is 0 Å². The summed E-state index contributed by atoms with van der Waals surface area (Å²) in [6, 6.07) is 12.7. The first-order valence-electron chi connectivity index (χ1n) is 9.71. The summed E-state index contributed by atoms with van der Waals surface area (Å²) in [5.74, 6) is 2.60. The minimum absolute atomic E-state index is 0.302. The molecule has 0 radical (unpaired) electrons. The highest BCUT2D eigenvalue weighted by Gasteiger charge is 2.22. The molecule has 6 heteroatoms.